The maximum atomic E-state index is 12.1. The first-order valence-electron chi connectivity index (χ1n) is 11.0. The van der Waals surface area contributed by atoms with Crippen molar-refractivity contribution in [1.82, 2.24) is 0 Å². The van der Waals surface area contributed by atoms with Crippen molar-refractivity contribution in [3.8, 4) is 0 Å². The lowest BCUT2D eigenvalue weighted by Gasteiger charge is -2.03. The summed E-state index contributed by atoms with van der Waals surface area (Å²) in [6, 6.07) is 0. The van der Waals surface area contributed by atoms with E-state index in [9.17, 15) is 4.79 Å². The predicted molar refractivity (Wildman–Crippen MR) is 121 cm³/mol. The van der Waals surface area contributed by atoms with Crippen LogP contribution in [0.15, 0.2) is 60.8 Å². The summed E-state index contributed by atoms with van der Waals surface area (Å²) in [5, 5.41) is 0. The Bertz CT molecular complexity index is 579. The molecule has 0 spiro atoms. The lowest BCUT2D eigenvalue weighted by Crippen LogP contribution is -2.08. The topological polar surface area (TPSA) is 26.3 Å². The van der Waals surface area contributed by atoms with E-state index < -0.39 is 0 Å². The Hall–Kier alpha value is -1.83. The number of methoxy groups -OCH3 is 1. The number of ether oxygens (including phenoxy) is 1. The van der Waals surface area contributed by atoms with E-state index in [0.717, 1.165) is 51.4 Å². The van der Waals surface area contributed by atoms with Crippen molar-refractivity contribution >= 4 is 5.97 Å². The molecule has 1 fully saturated rings. The molecule has 0 heterocycles. The van der Waals surface area contributed by atoms with E-state index >= 15 is 0 Å². The first-order chi connectivity index (χ1) is 13.6. The number of carbonyl (C=O) groups is 1. The van der Waals surface area contributed by atoms with Crippen molar-refractivity contribution < 1.29 is 9.53 Å². The first kappa shape index (κ1) is 24.2. The van der Waals surface area contributed by atoms with E-state index in [1.807, 2.05) is 0 Å². The van der Waals surface area contributed by atoms with Gasteiger partial charge in [0.15, 0.2) is 0 Å². The molecular formula is C26H40O2. The van der Waals surface area contributed by atoms with Gasteiger partial charge in [0, 0.05) is 11.3 Å². The summed E-state index contributed by atoms with van der Waals surface area (Å²) < 4.78 is 5.02. The molecule has 3 unspecified atom stereocenters. The highest BCUT2D eigenvalue weighted by Crippen LogP contribution is 2.61. The lowest BCUT2D eigenvalue weighted by molar-refractivity contribution is -0.143. The minimum absolute atomic E-state index is 0.0444. The van der Waals surface area contributed by atoms with E-state index in [0.29, 0.717) is 0 Å². The molecule has 0 N–H and O–H groups in total. The Labute approximate surface area is 173 Å². The summed E-state index contributed by atoms with van der Waals surface area (Å²) >= 11 is 0. The van der Waals surface area contributed by atoms with Crippen LogP contribution in [0, 0.1) is 17.3 Å². The lowest BCUT2D eigenvalue weighted by atomic mass is 10.0. The van der Waals surface area contributed by atoms with Gasteiger partial charge in [-0.1, -0.05) is 81.5 Å². The van der Waals surface area contributed by atoms with Gasteiger partial charge in [0.2, 0.25) is 0 Å². The second kappa shape index (κ2) is 14.2. The van der Waals surface area contributed by atoms with Crippen LogP contribution < -0.4 is 0 Å². The van der Waals surface area contributed by atoms with Crippen molar-refractivity contribution in [2.45, 2.75) is 72.1 Å². The number of unbranched alkanes of at least 4 members (excludes halogenated alkanes) is 3. The third kappa shape index (κ3) is 8.46. The SMILES string of the molecule is CCC=CCCC=CCCC=CC1C(C(=O)OC)C1(C)C=CCCC=CCC. The molecule has 1 saturated carbocycles. The maximum Gasteiger partial charge on any atom is 0.310 e. The number of carbonyl (C=O) groups excluding carboxylic acids is 1. The number of rotatable bonds is 14. The highest BCUT2D eigenvalue weighted by molar-refractivity contribution is 5.79. The molecule has 0 aliphatic heterocycles. The van der Waals surface area contributed by atoms with Crippen molar-refractivity contribution in [2.24, 2.45) is 17.3 Å². The van der Waals surface area contributed by atoms with Crippen LogP contribution in [0.25, 0.3) is 0 Å². The van der Waals surface area contributed by atoms with Gasteiger partial charge in [0.05, 0.1) is 13.0 Å². The van der Waals surface area contributed by atoms with Gasteiger partial charge in [-0.15, -0.1) is 0 Å². The van der Waals surface area contributed by atoms with Crippen LogP contribution in [0.2, 0.25) is 0 Å². The Kier molecular flexibility index (Phi) is 12.3. The maximum absolute atomic E-state index is 12.1. The first-order valence-corrected chi connectivity index (χ1v) is 11.0. The monoisotopic (exact) mass is 384 g/mol. The molecule has 0 aromatic rings. The number of hydrogen-bond acceptors (Lipinski definition) is 2. The summed E-state index contributed by atoms with van der Waals surface area (Å²) in [5.41, 5.74) is -0.0977. The zero-order valence-corrected chi connectivity index (χ0v) is 18.4. The largest absolute Gasteiger partial charge is 0.469 e. The van der Waals surface area contributed by atoms with Gasteiger partial charge >= 0.3 is 5.97 Å². The minimum atomic E-state index is -0.0977. The van der Waals surface area contributed by atoms with E-state index in [1.165, 1.54) is 7.11 Å². The second-order valence-electron chi connectivity index (χ2n) is 7.69. The number of allylic oxidation sites excluding steroid dienone is 10. The quantitative estimate of drug-likeness (QED) is 0.178. The third-order valence-corrected chi connectivity index (χ3v) is 5.39. The molecule has 0 amide bonds. The molecule has 3 atom stereocenters. The molecule has 0 bridgehead atoms. The highest BCUT2D eigenvalue weighted by atomic mass is 16.5. The van der Waals surface area contributed by atoms with E-state index in [-0.39, 0.29) is 23.2 Å². The van der Waals surface area contributed by atoms with Gasteiger partial charge in [-0.2, -0.15) is 0 Å². The molecule has 0 aromatic carbocycles. The Balaban J connectivity index is 2.43. The van der Waals surface area contributed by atoms with Gasteiger partial charge in [0.25, 0.3) is 0 Å². The van der Waals surface area contributed by atoms with Crippen molar-refractivity contribution in [3.05, 3.63) is 60.8 Å². The average molecular weight is 385 g/mol. The molecule has 0 saturated heterocycles. The molecule has 1 aliphatic rings. The van der Waals surface area contributed by atoms with Crippen molar-refractivity contribution in [3.63, 3.8) is 0 Å². The molecule has 2 nitrogen and oxygen atoms in total. The van der Waals surface area contributed by atoms with E-state index in [4.69, 9.17) is 4.74 Å². The minimum Gasteiger partial charge on any atom is -0.469 e. The molecule has 28 heavy (non-hydrogen) atoms. The molecule has 0 aromatic heterocycles. The zero-order valence-electron chi connectivity index (χ0n) is 18.4. The molecule has 156 valence electrons. The fourth-order valence-corrected chi connectivity index (χ4v) is 3.59. The van der Waals surface area contributed by atoms with Gasteiger partial charge in [-0.05, 0) is 51.4 Å². The van der Waals surface area contributed by atoms with Crippen LogP contribution in [-0.2, 0) is 9.53 Å². The van der Waals surface area contributed by atoms with Gasteiger partial charge in [-0.3, -0.25) is 4.79 Å². The highest BCUT2D eigenvalue weighted by Gasteiger charge is 2.62. The third-order valence-electron chi connectivity index (χ3n) is 5.39. The van der Waals surface area contributed by atoms with Crippen LogP contribution in [0.3, 0.4) is 0 Å². The molecule has 0 radical (unpaired) electrons. The summed E-state index contributed by atoms with van der Waals surface area (Å²) in [5.74, 6) is 0.121. The molecule has 1 aliphatic carbocycles. The summed E-state index contributed by atoms with van der Waals surface area (Å²) in [7, 11) is 1.49. The van der Waals surface area contributed by atoms with Gasteiger partial charge in [0.1, 0.15) is 0 Å². The summed E-state index contributed by atoms with van der Waals surface area (Å²) in [6.45, 7) is 6.48. The predicted octanol–water partition coefficient (Wildman–Crippen LogP) is 7.35. The molecule has 2 heteroatoms. The zero-order chi connectivity index (χ0) is 20.7. The van der Waals surface area contributed by atoms with E-state index in [1.54, 1.807) is 0 Å². The van der Waals surface area contributed by atoms with Gasteiger partial charge in [-0.25, -0.2) is 0 Å². The van der Waals surface area contributed by atoms with Crippen LogP contribution in [-0.4, -0.2) is 13.1 Å². The molecular weight excluding hydrogens is 344 g/mol. The molecule has 1 rings (SSSR count). The van der Waals surface area contributed by atoms with Crippen molar-refractivity contribution in [1.29, 1.82) is 0 Å². The van der Waals surface area contributed by atoms with Crippen LogP contribution in [0.4, 0.5) is 0 Å². The standard InChI is InChI=1S/C26H40O2/c1-5-7-9-11-13-14-15-16-17-19-21-23-24(25(27)28-4)26(23,3)22-20-18-12-10-8-6-2/h7-10,14-15,19-24H,5-6,11-13,16-18H2,1-4H3. The fraction of sp³-hybridized carbons (Fsp3) is 0.577. The van der Waals surface area contributed by atoms with Crippen LogP contribution in [0.1, 0.15) is 72.1 Å². The Morgan fingerprint density at radius 2 is 1.25 bits per heavy atom. The van der Waals surface area contributed by atoms with Crippen molar-refractivity contribution in [2.75, 3.05) is 7.11 Å². The van der Waals surface area contributed by atoms with E-state index in [2.05, 4.69) is 81.5 Å². The van der Waals surface area contributed by atoms with Crippen LogP contribution >= 0.6 is 0 Å². The second-order valence-corrected chi connectivity index (χ2v) is 7.69. The van der Waals surface area contributed by atoms with Crippen LogP contribution in [0.5, 0.6) is 0 Å². The number of hydrogen-bond donors (Lipinski definition) is 0. The normalized spacial score (nSPS) is 25.1. The summed E-state index contributed by atoms with van der Waals surface area (Å²) in [6.07, 6.45) is 30.9. The smallest absolute Gasteiger partial charge is 0.310 e. The Morgan fingerprint density at radius 3 is 1.75 bits per heavy atom. The van der Waals surface area contributed by atoms with Gasteiger partial charge < -0.3 is 4.74 Å². The summed E-state index contributed by atoms with van der Waals surface area (Å²) in [4.78, 5) is 12.1. The average Bonchev–Trinajstić information content (AvgIpc) is 3.29. The Morgan fingerprint density at radius 1 is 0.786 bits per heavy atom. The number of esters is 1. The fourth-order valence-electron chi connectivity index (χ4n) is 3.59.